The van der Waals surface area contributed by atoms with Crippen molar-refractivity contribution in [2.45, 2.75) is 51.1 Å². The smallest absolute Gasteiger partial charge is 0.241 e. The van der Waals surface area contributed by atoms with Crippen LogP contribution in [0, 0.1) is 0 Å². The number of amides is 1. The third-order valence-electron chi connectivity index (χ3n) is 3.27. The highest BCUT2D eigenvalue weighted by Gasteiger charge is 2.15. The maximum absolute atomic E-state index is 11.9. The molecule has 0 bridgehead atoms. The van der Waals surface area contributed by atoms with Crippen LogP contribution >= 0.6 is 15.9 Å². The summed E-state index contributed by atoms with van der Waals surface area (Å²) in [5, 5.41) is 7.13. The monoisotopic (exact) mass is 314 g/mol. The number of halogens is 1. The minimum atomic E-state index is 0.0110. The van der Waals surface area contributed by atoms with Crippen molar-refractivity contribution in [2.24, 2.45) is 0 Å². The zero-order valence-corrected chi connectivity index (χ0v) is 11.9. The molecule has 0 aromatic carbocycles. The van der Waals surface area contributed by atoms with Gasteiger partial charge in [-0.1, -0.05) is 25.7 Å². The zero-order valence-electron chi connectivity index (χ0n) is 10.4. The molecule has 0 radical (unpaired) electrons. The molecule has 1 aliphatic rings. The number of nitrogen functional groups attached to an aromatic ring is 1. The van der Waals surface area contributed by atoms with Gasteiger partial charge in [-0.15, -0.1) is 0 Å². The van der Waals surface area contributed by atoms with Gasteiger partial charge in [0.15, 0.2) is 5.82 Å². The fourth-order valence-corrected chi connectivity index (χ4v) is 2.65. The number of carbonyl (C=O) groups is 1. The fraction of sp³-hybridized carbons (Fsp3) is 0.667. The van der Waals surface area contributed by atoms with Crippen LogP contribution < -0.4 is 11.1 Å². The predicted molar refractivity (Wildman–Crippen MR) is 74.0 cm³/mol. The lowest BCUT2D eigenvalue weighted by molar-refractivity contribution is -0.122. The lowest BCUT2D eigenvalue weighted by atomic mass is 10.1. The molecule has 0 saturated heterocycles. The van der Waals surface area contributed by atoms with E-state index in [0.29, 0.717) is 11.9 Å². The van der Waals surface area contributed by atoms with E-state index in [1.807, 2.05) is 0 Å². The normalized spacial score (nSPS) is 17.4. The molecule has 1 aliphatic carbocycles. The lowest BCUT2D eigenvalue weighted by Gasteiger charge is -2.16. The van der Waals surface area contributed by atoms with E-state index < -0.39 is 0 Å². The highest BCUT2D eigenvalue weighted by atomic mass is 79.9. The maximum atomic E-state index is 11.9. The molecule has 0 spiro atoms. The number of nitrogens with one attached hydrogen (secondary N) is 1. The lowest BCUT2D eigenvalue weighted by Crippen LogP contribution is -2.36. The number of nitrogens with two attached hydrogens (primary N) is 1. The molecule has 3 N–H and O–H groups in total. The minimum Gasteiger partial charge on any atom is -0.381 e. The van der Waals surface area contributed by atoms with Gasteiger partial charge in [0.25, 0.3) is 0 Å². The van der Waals surface area contributed by atoms with Crippen molar-refractivity contribution in [3.8, 4) is 0 Å². The second kappa shape index (κ2) is 6.22. The van der Waals surface area contributed by atoms with Crippen molar-refractivity contribution in [1.82, 2.24) is 15.1 Å². The van der Waals surface area contributed by atoms with E-state index in [4.69, 9.17) is 5.73 Å². The molecule has 1 aromatic rings. The topological polar surface area (TPSA) is 72.9 Å². The van der Waals surface area contributed by atoms with Gasteiger partial charge in [0.1, 0.15) is 6.54 Å². The van der Waals surface area contributed by atoms with E-state index in [-0.39, 0.29) is 12.5 Å². The van der Waals surface area contributed by atoms with Crippen molar-refractivity contribution in [1.29, 1.82) is 0 Å². The summed E-state index contributed by atoms with van der Waals surface area (Å²) in [7, 11) is 0. The highest BCUT2D eigenvalue weighted by Crippen LogP contribution is 2.18. The molecule has 1 heterocycles. The molecule has 1 amide bonds. The summed E-state index contributed by atoms with van der Waals surface area (Å²) in [4.78, 5) is 11.9. The summed E-state index contributed by atoms with van der Waals surface area (Å²) >= 11 is 3.27. The molecule has 100 valence electrons. The van der Waals surface area contributed by atoms with Gasteiger partial charge in [0.05, 0.1) is 4.47 Å². The Balaban J connectivity index is 1.84. The molecule has 1 aromatic heterocycles. The quantitative estimate of drug-likeness (QED) is 0.839. The van der Waals surface area contributed by atoms with Gasteiger partial charge in [0, 0.05) is 12.2 Å². The van der Waals surface area contributed by atoms with Crippen LogP contribution in [0.3, 0.4) is 0 Å². The van der Waals surface area contributed by atoms with Crippen molar-refractivity contribution < 1.29 is 4.79 Å². The largest absolute Gasteiger partial charge is 0.381 e. The van der Waals surface area contributed by atoms with Crippen LogP contribution in [0.15, 0.2) is 10.7 Å². The predicted octanol–water partition coefficient (Wildman–Crippen LogP) is 2.07. The van der Waals surface area contributed by atoms with Crippen molar-refractivity contribution in [3.63, 3.8) is 0 Å². The van der Waals surface area contributed by atoms with Gasteiger partial charge in [-0.2, -0.15) is 5.10 Å². The van der Waals surface area contributed by atoms with Gasteiger partial charge in [-0.05, 0) is 28.8 Å². The second-order valence-corrected chi connectivity index (χ2v) is 5.67. The van der Waals surface area contributed by atoms with Gasteiger partial charge in [-0.3, -0.25) is 9.48 Å². The Labute approximate surface area is 115 Å². The van der Waals surface area contributed by atoms with Gasteiger partial charge >= 0.3 is 0 Å². The Morgan fingerprint density at radius 3 is 2.67 bits per heavy atom. The maximum Gasteiger partial charge on any atom is 0.241 e. The molecule has 6 heteroatoms. The Kier molecular flexibility index (Phi) is 4.63. The first-order chi connectivity index (χ1) is 8.65. The van der Waals surface area contributed by atoms with Crippen molar-refractivity contribution in [3.05, 3.63) is 10.7 Å². The molecule has 5 nitrogen and oxygen atoms in total. The second-order valence-electron chi connectivity index (χ2n) is 4.82. The molecular weight excluding hydrogens is 296 g/mol. The Bertz CT molecular complexity index is 391. The molecule has 0 atom stereocenters. The number of aromatic nitrogens is 2. The van der Waals surface area contributed by atoms with E-state index in [1.165, 1.54) is 25.7 Å². The number of anilines is 1. The third kappa shape index (κ3) is 3.73. The Morgan fingerprint density at radius 2 is 2.11 bits per heavy atom. The van der Waals surface area contributed by atoms with Crippen molar-refractivity contribution >= 4 is 27.7 Å². The number of nitrogens with zero attached hydrogens (tertiary/aromatic N) is 2. The van der Waals surface area contributed by atoms with Gasteiger partial charge < -0.3 is 11.1 Å². The van der Waals surface area contributed by atoms with Crippen LogP contribution in [0.2, 0.25) is 0 Å². The van der Waals surface area contributed by atoms with E-state index in [9.17, 15) is 4.79 Å². The molecule has 1 fully saturated rings. The van der Waals surface area contributed by atoms with E-state index in [2.05, 4.69) is 26.3 Å². The fourth-order valence-electron chi connectivity index (χ4n) is 2.34. The number of rotatable bonds is 3. The van der Waals surface area contributed by atoms with E-state index in [1.54, 1.807) is 10.9 Å². The van der Waals surface area contributed by atoms with E-state index >= 15 is 0 Å². The molecular formula is C12H19BrN4O. The summed E-state index contributed by atoms with van der Waals surface area (Å²) in [6.45, 7) is 0.228. The Hall–Kier alpha value is -1.04. The molecule has 0 unspecified atom stereocenters. The van der Waals surface area contributed by atoms with Crippen LogP contribution in [0.5, 0.6) is 0 Å². The number of hydrogen-bond donors (Lipinski definition) is 2. The van der Waals surface area contributed by atoms with Crippen molar-refractivity contribution in [2.75, 3.05) is 5.73 Å². The summed E-state index contributed by atoms with van der Waals surface area (Å²) in [5.74, 6) is 0.425. The minimum absolute atomic E-state index is 0.0110. The molecule has 18 heavy (non-hydrogen) atoms. The SMILES string of the molecule is Nc1nn(CC(=O)NC2CCCCCC2)cc1Br. The van der Waals surface area contributed by atoms with E-state index in [0.717, 1.165) is 17.3 Å². The summed E-state index contributed by atoms with van der Waals surface area (Å²) < 4.78 is 2.29. The average molecular weight is 315 g/mol. The first kappa shape index (κ1) is 13.4. The van der Waals surface area contributed by atoms with Crippen LogP contribution in [0.4, 0.5) is 5.82 Å². The van der Waals surface area contributed by atoms with Gasteiger partial charge in [-0.25, -0.2) is 0 Å². The molecule has 0 aliphatic heterocycles. The zero-order chi connectivity index (χ0) is 13.0. The molecule has 2 rings (SSSR count). The first-order valence-electron chi connectivity index (χ1n) is 6.43. The number of hydrogen-bond acceptors (Lipinski definition) is 3. The van der Waals surface area contributed by atoms with Crippen LogP contribution in [0.1, 0.15) is 38.5 Å². The van der Waals surface area contributed by atoms with Crippen LogP contribution in [0.25, 0.3) is 0 Å². The van der Waals surface area contributed by atoms with Gasteiger partial charge in [0.2, 0.25) is 5.91 Å². The Morgan fingerprint density at radius 1 is 1.44 bits per heavy atom. The summed E-state index contributed by atoms with van der Waals surface area (Å²) in [5.41, 5.74) is 5.61. The van der Waals surface area contributed by atoms with Crippen LogP contribution in [-0.4, -0.2) is 21.7 Å². The van der Waals surface area contributed by atoms with Crippen LogP contribution in [-0.2, 0) is 11.3 Å². The summed E-state index contributed by atoms with van der Waals surface area (Å²) in [6, 6.07) is 0.330. The number of carbonyl (C=O) groups excluding carboxylic acids is 1. The average Bonchev–Trinajstić information content (AvgIpc) is 2.55. The standard InChI is InChI=1S/C12H19BrN4O/c13-10-7-17(16-12(10)14)8-11(18)15-9-5-3-1-2-4-6-9/h7,9H,1-6,8H2,(H2,14,16)(H,15,18). The highest BCUT2D eigenvalue weighted by molar-refractivity contribution is 9.10. The molecule has 1 saturated carbocycles. The third-order valence-corrected chi connectivity index (χ3v) is 3.88. The first-order valence-corrected chi connectivity index (χ1v) is 7.22. The summed E-state index contributed by atoms with van der Waals surface area (Å²) in [6.07, 6.45) is 8.91.